The molecule has 1 rings (SSSR count). The molecule has 1 aliphatic carbocycles. The minimum absolute atomic E-state index is 0.519. The average molecular weight is 157 g/mol. The van der Waals surface area contributed by atoms with Crippen LogP contribution in [0.15, 0.2) is 0 Å². The second-order valence-electron chi connectivity index (χ2n) is 3.21. The van der Waals surface area contributed by atoms with E-state index in [1.807, 2.05) is 0 Å². The van der Waals surface area contributed by atoms with Crippen molar-refractivity contribution in [3.8, 4) is 0 Å². The van der Waals surface area contributed by atoms with Crippen LogP contribution >= 0.6 is 0 Å². The van der Waals surface area contributed by atoms with Crippen LogP contribution in [-0.2, 0) is 0 Å². The number of primary amides is 1. The van der Waals surface area contributed by atoms with Crippen molar-refractivity contribution in [1.29, 1.82) is 0 Å². The van der Waals surface area contributed by atoms with E-state index < -0.39 is 11.7 Å². The van der Waals surface area contributed by atoms with Crippen molar-refractivity contribution in [3.05, 3.63) is 0 Å². The molecule has 0 aliphatic heterocycles. The Kier molecular flexibility index (Phi) is 2.34. The first-order valence-electron chi connectivity index (χ1n) is 3.99. The number of nitrogens with one attached hydrogen (secondary N) is 1. The van der Waals surface area contributed by atoms with Gasteiger partial charge in [0, 0.05) is 0 Å². The molecule has 4 nitrogen and oxygen atoms in total. The van der Waals surface area contributed by atoms with Crippen LogP contribution in [0.2, 0.25) is 0 Å². The molecule has 5 N–H and O–H groups in total. The molecule has 1 fully saturated rings. The summed E-state index contributed by atoms with van der Waals surface area (Å²) < 4.78 is 0. The number of hydrogen-bond acceptors (Lipinski definition) is 2. The first-order chi connectivity index (χ1) is 5.12. The summed E-state index contributed by atoms with van der Waals surface area (Å²) in [6, 6.07) is -0.519. The largest absolute Gasteiger partial charge is 0.352 e. The van der Waals surface area contributed by atoms with Crippen molar-refractivity contribution in [3.63, 3.8) is 0 Å². The van der Waals surface area contributed by atoms with Crippen LogP contribution in [0.4, 0.5) is 4.79 Å². The minimum atomic E-state index is -0.524. The van der Waals surface area contributed by atoms with Crippen molar-refractivity contribution < 1.29 is 4.79 Å². The molecule has 0 aromatic rings. The van der Waals surface area contributed by atoms with Crippen LogP contribution in [0.3, 0.4) is 0 Å². The molecule has 0 atom stereocenters. The molecule has 4 heteroatoms. The molecular weight excluding hydrogens is 142 g/mol. The number of rotatable bonds is 1. The maximum atomic E-state index is 10.5. The lowest BCUT2D eigenvalue weighted by Crippen LogP contribution is -2.58. The van der Waals surface area contributed by atoms with Gasteiger partial charge < -0.3 is 16.8 Å². The van der Waals surface area contributed by atoms with Crippen molar-refractivity contribution in [2.75, 3.05) is 0 Å². The quantitative estimate of drug-likeness (QED) is 0.478. The third kappa shape index (κ3) is 2.38. The molecule has 0 aromatic carbocycles. The van der Waals surface area contributed by atoms with E-state index in [2.05, 4.69) is 5.32 Å². The van der Waals surface area contributed by atoms with Gasteiger partial charge in [-0.3, -0.25) is 0 Å². The maximum Gasteiger partial charge on any atom is 0.313 e. The van der Waals surface area contributed by atoms with Gasteiger partial charge in [0.2, 0.25) is 0 Å². The van der Waals surface area contributed by atoms with Crippen LogP contribution in [-0.4, -0.2) is 11.7 Å². The van der Waals surface area contributed by atoms with E-state index in [0.717, 1.165) is 25.7 Å². The Morgan fingerprint density at radius 2 is 1.82 bits per heavy atom. The highest BCUT2D eigenvalue weighted by Crippen LogP contribution is 2.22. The van der Waals surface area contributed by atoms with E-state index in [4.69, 9.17) is 11.5 Å². The van der Waals surface area contributed by atoms with Gasteiger partial charge >= 0.3 is 6.03 Å². The van der Waals surface area contributed by atoms with E-state index in [1.165, 1.54) is 6.42 Å². The highest BCUT2D eigenvalue weighted by Gasteiger charge is 2.27. The van der Waals surface area contributed by atoms with Gasteiger partial charge in [0.05, 0.1) is 5.66 Å². The molecule has 0 spiro atoms. The zero-order chi connectivity index (χ0) is 8.32. The number of amides is 2. The predicted molar refractivity (Wildman–Crippen MR) is 42.7 cm³/mol. The van der Waals surface area contributed by atoms with Crippen LogP contribution in [0.25, 0.3) is 0 Å². The molecular formula is C7H15N3O. The Labute approximate surface area is 66.3 Å². The number of urea groups is 1. The van der Waals surface area contributed by atoms with Crippen LogP contribution in [0.1, 0.15) is 32.1 Å². The van der Waals surface area contributed by atoms with Gasteiger partial charge in [-0.15, -0.1) is 0 Å². The zero-order valence-electron chi connectivity index (χ0n) is 6.60. The number of nitrogens with two attached hydrogens (primary N) is 2. The van der Waals surface area contributed by atoms with Gasteiger partial charge in [-0.1, -0.05) is 6.42 Å². The Morgan fingerprint density at radius 3 is 2.27 bits per heavy atom. The molecule has 2 amide bonds. The predicted octanol–water partition coefficient (Wildman–Crippen LogP) is 0.274. The second-order valence-corrected chi connectivity index (χ2v) is 3.21. The van der Waals surface area contributed by atoms with E-state index in [9.17, 15) is 4.79 Å². The summed E-state index contributed by atoms with van der Waals surface area (Å²) in [6.07, 6.45) is 5.05. The lowest BCUT2D eigenvalue weighted by Gasteiger charge is -2.33. The van der Waals surface area contributed by atoms with Crippen molar-refractivity contribution in [1.82, 2.24) is 5.32 Å². The van der Waals surface area contributed by atoms with Crippen molar-refractivity contribution in [2.45, 2.75) is 37.8 Å². The first kappa shape index (κ1) is 8.33. The fourth-order valence-corrected chi connectivity index (χ4v) is 1.55. The molecule has 64 valence electrons. The van der Waals surface area contributed by atoms with E-state index in [1.54, 1.807) is 0 Å². The smallest absolute Gasteiger partial charge is 0.313 e. The van der Waals surface area contributed by atoms with Crippen molar-refractivity contribution in [2.24, 2.45) is 11.5 Å². The Balaban J connectivity index is 2.43. The Morgan fingerprint density at radius 1 is 1.27 bits per heavy atom. The average Bonchev–Trinajstić information content (AvgIpc) is 1.85. The van der Waals surface area contributed by atoms with Gasteiger partial charge in [0.25, 0.3) is 0 Å². The number of carbonyl (C=O) groups is 1. The Hall–Kier alpha value is -0.770. The molecule has 1 aliphatic rings. The Bertz CT molecular complexity index is 152. The molecule has 0 heterocycles. The molecule has 11 heavy (non-hydrogen) atoms. The standard InChI is InChI=1S/C7H15N3O/c8-6(11)10-7(9)4-2-1-3-5-7/h1-5,9H2,(H3,8,10,11). The lowest BCUT2D eigenvalue weighted by molar-refractivity contribution is 0.212. The third-order valence-corrected chi connectivity index (χ3v) is 2.12. The highest BCUT2D eigenvalue weighted by atomic mass is 16.2. The van der Waals surface area contributed by atoms with Gasteiger partial charge in [0.1, 0.15) is 0 Å². The summed E-state index contributed by atoms with van der Waals surface area (Å²) in [5.74, 6) is 0. The number of hydrogen-bond donors (Lipinski definition) is 3. The highest BCUT2D eigenvalue weighted by molar-refractivity contribution is 5.72. The molecule has 0 aromatic heterocycles. The summed E-state index contributed by atoms with van der Waals surface area (Å²) in [6.45, 7) is 0. The van der Waals surface area contributed by atoms with Gasteiger partial charge in [-0.2, -0.15) is 0 Å². The lowest BCUT2D eigenvalue weighted by atomic mass is 9.90. The van der Waals surface area contributed by atoms with Gasteiger partial charge in [-0.25, -0.2) is 4.79 Å². The summed E-state index contributed by atoms with van der Waals surface area (Å²) in [5.41, 5.74) is 10.3. The van der Waals surface area contributed by atoms with E-state index in [-0.39, 0.29) is 0 Å². The van der Waals surface area contributed by atoms with Crippen molar-refractivity contribution >= 4 is 6.03 Å². The monoisotopic (exact) mass is 157 g/mol. The summed E-state index contributed by atoms with van der Waals surface area (Å²) in [4.78, 5) is 10.5. The van der Waals surface area contributed by atoms with Gasteiger partial charge in [-0.05, 0) is 25.7 Å². The minimum Gasteiger partial charge on any atom is -0.352 e. The fourth-order valence-electron chi connectivity index (χ4n) is 1.55. The normalized spacial score (nSPS) is 22.6. The second kappa shape index (κ2) is 3.09. The molecule has 0 unspecified atom stereocenters. The molecule has 0 radical (unpaired) electrons. The third-order valence-electron chi connectivity index (χ3n) is 2.12. The van der Waals surface area contributed by atoms with E-state index >= 15 is 0 Å². The fraction of sp³-hybridized carbons (Fsp3) is 0.857. The molecule has 1 saturated carbocycles. The van der Waals surface area contributed by atoms with Crippen LogP contribution < -0.4 is 16.8 Å². The molecule has 0 bridgehead atoms. The summed E-state index contributed by atoms with van der Waals surface area (Å²) in [5, 5.41) is 2.57. The van der Waals surface area contributed by atoms with E-state index in [0.29, 0.717) is 0 Å². The van der Waals surface area contributed by atoms with Gasteiger partial charge in [0.15, 0.2) is 0 Å². The number of carbonyl (C=O) groups excluding carboxylic acids is 1. The van der Waals surface area contributed by atoms with Crippen LogP contribution in [0, 0.1) is 0 Å². The maximum absolute atomic E-state index is 10.5. The summed E-state index contributed by atoms with van der Waals surface area (Å²) in [7, 11) is 0. The summed E-state index contributed by atoms with van der Waals surface area (Å²) >= 11 is 0. The van der Waals surface area contributed by atoms with Crippen LogP contribution in [0.5, 0.6) is 0 Å². The zero-order valence-corrected chi connectivity index (χ0v) is 6.60. The molecule has 0 saturated heterocycles. The SMILES string of the molecule is NC(=O)NC1(N)CCCCC1. The topological polar surface area (TPSA) is 81.1 Å². The first-order valence-corrected chi connectivity index (χ1v) is 3.99.